The predicted molar refractivity (Wildman–Crippen MR) is 166 cm³/mol. The summed E-state index contributed by atoms with van der Waals surface area (Å²) in [6, 6.07) is 39.2. The van der Waals surface area contributed by atoms with E-state index in [2.05, 4.69) is 141 Å². The summed E-state index contributed by atoms with van der Waals surface area (Å²) < 4.78 is 2.26. The Labute approximate surface area is 263 Å². The minimum absolute atomic E-state index is 0. The Bertz CT molecular complexity index is 1610. The Kier molecular flexibility index (Phi) is 11.8. The van der Waals surface area contributed by atoms with Crippen molar-refractivity contribution in [3.63, 3.8) is 0 Å². The van der Waals surface area contributed by atoms with Gasteiger partial charge in [-0.1, -0.05) is 108 Å². The zero-order chi connectivity index (χ0) is 26.4. The minimum Gasteiger partial charge on any atom is -0.400 e. The second-order valence-electron chi connectivity index (χ2n) is 8.10. The second kappa shape index (κ2) is 14.6. The van der Waals surface area contributed by atoms with Crippen LogP contribution < -0.4 is 0 Å². The first-order chi connectivity index (χ1) is 18.2. The number of fused-ring (bicyclic) bond motifs is 2. The average molecular weight is 726 g/mol. The fraction of sp³-hybridized carbons (Fsp3) is 0.0625. The number of rotatable bonds is 4. The van der Waals surface area contributed by atoms with Crippen molar-refractivity contribution in [3.05, 3.63) is 118 Å². The van der Waals surface area contributed by atoms with E-state index in [1.165, 1.54) is 53.6 Å². The van der Waals surface area contributed by atoms with Crippen LogP contribution in [0.3, 0.4) is 0 Å². The summed E-state index contributed by atoms with van der Waals surface area (Å²) in [5.74, 6) is 0. The van der Waals surface area contributed by atoms with Gasteiger partial charge in [-0.15, -0.1) is 88.8 Å². The standard InChI is InChI=1S/C30H18Br2S.2CH4O.Zr/c31-28-11-12-30(27-17-22(16-26(27)28)20-9-5-2-6-10-20)33-24-14-23-13-21(15-25(23)29(32)18-24)19-7-3-1-4-8-19;2*1-2;/h1-18H;2*2H,1H3;/q-2;;;+2. The van der Waals surface area contributed by atoms with Crippen LogP contribution in [0.1, 0.15) is 0 Å². The number of hydrogen-bond donors (Lipinski definition) is 2. The van der Waals surface area contributed by atoms with E-state index in [4.69, 9.17) is 10.2 Å². The first-order valence-electron chi connectivity index (χ1n) is 11.6. The molecule has 0 aliphatic heterocycles. The van der Waals surface area contributed by atoms with E-state index in [0.29, 0.717) is 0 Å². The van der Waals surface area contributed by atoms with Gasteiger partial charge in [-0.25, -0.2) is 0 Å². The van der Waals surface area contributed by atoms with Crippen LogP contribution >= 0.6 is 43.6 Å². The zero-order valence-corrected chi connectivity index (χ0v) is 27.4. The molecule has 0 atom stereocenters. The molecule has 6 aromatic rings. The topological polar surface area (TPSA) is 40.5 Å². The molecule has 0 aromatic heterocycles. The van der Waals surface area contributed by atoms with Crippen LogP contribution in [0.4, 0.5) is 0 Å². The van der Waals surface area contributed by atoms with Crippen molar-refractivity contribution in [3.8, 4) is 22.3 Å². The molecule has 0 fully saturated rings. The normalized spacial score (nSPS) is 10.3. The first-order valence-corrected chi connectivity index (χ1v) is 14.0. The van der Waals surface area contributed by atoms with E-state index in [1.54, 1.807) is 0 Å². The van der Waals surface area contributed by atoms with Gasteiger partial charge in [-0.05, 0) is 18.7 Å². The van der Waals surface area contributed by atoms with E-state index in [-0.39, 0.29) is 26.2 Å². The molecule has 0 aliphatic rings. The van der Waals surface area contributed by atoms with E-state index >= 15 is 0 Å². The quantitative estimate of drug-likeness (QED) is 0.178. The van der Waals surface area contributed by atoms with Crippen molar-refractivity contribution in [2.45, 2.75) is 9.79 Å². The summed E-state index contributed by atoms with van der Waals surface area (Å²) in [5, 5.41) is 19.0. The van der Waals surface area contributed by atoms with Crippen LogP contribution in [0.25, 0.3) is 43.8 Å². The predicted octanol–water partition coefficient (Wildman–Crippen LogP) is 9.66. The SMILES string of the molecule is Brc1cc(Sc2ccc(Br)c3[cH-]c(-c4ccccc4)cc23)cc2cc(-c3ccccc3)[cH-]c12.CO.CO.[Zr+2]. The second-order valence-corrected chi connectivity index (χ2v) is 10.9. The molecule has 2 nitrogen and oxygen atoms in total. The van der Waals surface area contributed by atoms with E-state index in [0.717, 1.165) is 23.2 Å². The van der Waals surface area contributed by atoms with E-state index in [9.17, 15) is 0 Å². The summed E-state index contributed by atoms with van der Waals surface area (Å²) in [6.07, 6.45) is 0. The maximum Gasteiger partial charge on any atom is 2.00 e. The van der Waals surface area contributed by atoms with Gasteiger partial charge in [-0.3, -0.25) is 0 Å². The van der Waals surface area contributed by atoms with Gasteiger partial charge in [0, 0.05) is 14.2 Å². The molecule has 0 spiro atoms. The molecule has 0 radical (unpaired) electrons. The smallest absolute Gasteiger partial charge is 0.400 e. The van der Waals surface area contributed by atoms with Crippen LogP contribution in [0.2, 0.25) is 0 Å². The van der Waals surface area contributed by atoms with Crippen molar-refractivity contribution in [2.75, 3.05) is 14.2 Å². The van der Waals surface area contributed by atoms with Gasteiger partial charge in [0.1, 0.15) is 0 Å². The van der Waals surface area contributed by atoms with Crippen LogP contribution in [-0.2, 0) is 26.2 Å². The molecule has 6 rings (SSSR count). The summed E-state index contributed by atoms with van der Waals surface area (Å²) in [4.78, 5) is 2.49. The van der Waals surface area contributed by atoms with E-state index < -0.39 is 0 Å². The largest absolute Gasteiger partial charge is 2.00 e. The Hall–Kier alpha value is -1.79. The Morgan fingerprint density at radius 3 is 1.76 bits per heavy atom. The number of aliphatic hydroxyl groups excluding tert-OH is 2. The molecule has 0 aliphatic carbocycles. The van der Waals surface area contributed by atoms with Crippen molar-refractivity contribution in [1.29, 1.82) is 0 Å². The van der Waals surface area contributed by atoms with Crippen molar-refractivity contribution in [1.82, 2.24) is 0 Å². The fourth-order valence-corrected chi connectivity index (χ4v) is 6.59. The molecule has 0 bridgehead atoms. The third kappa shape index (κ3) is 6.67. The summed E-state index contributed by atoms with van der Waals surface area (Å²) >= 11 is 9.39. The molecule has 38 heavy (non-hydrogen) atoms. The first kappa shape index (κ1) is 30.8. The Balaban J connectivity index is 0.000000766. The average Bonchev–Trinajstić information content (AvgIpc) is 3.60. The molecule has 6 aromatic carbocycles. The maximum absolute atomic E-state index is 7.00. The van der Waals surface area contributed by atoms with Gasteiger partial charge in [0.25, 0.3) is 0 Å². The van der Waals surface area contributed by atoms with Gasteiger partial charge in [0.15, 0.2) is 0 Å². The molecule has 6 heteroatoms. The summed E-state index contributed by atoms with van der Waals surface area (Å²) in [6.45, 7) is 0. The van der Waals surface area contributed by atoms with Gasteiger partial charge < -0.3 is 10.2 Å². The van der Waals surface area contributed by atoms with Crippen LogP contribution in [-0.4, -0.2) is 24.4 Å². The Morgan fingerprint density at radius 1 is 0.605 bits per heavy atom. The summed E-state index contributed by atoms with van der Waals surface area (Å²) in [5.41, 5.74) is 4.99. The molecule has 190 valence electrons. The monoisotopic (exact) mass is 722 g/mol. The molecular formula is C32H26Br2O2SZr. The zero-order valence-electron chi connectivity index (χ0n) is 21.0. The molecule has 0 heterocycles. The maximum atomic E-state index is 7.00. The van der Waals surface area contributed by atoms with E-state index in [1.807, 2.05) is 11.8 Å². The third-order valence-electron chi connectivity index (χ3n) is 5.98. The molecule has 0 saturated carbocycles. The number of halogens is 2. The molecule has 0 unspecified atom stereocenters. The van der Waals surface area contributed by atoms with Crippen molar-refractivity contribution in [2.24, 2.45) is 0 Å². The van der Waals surface area contributed by atoms with Gasteiger partial charge >= 0.3 is 26.2 Å². The van der Waals surface area contributed by atoms with Gasteiger partial charge in [0.05, 0.1) is 0 Å². The molecule has 2 N–H and O–H groups in total. The Morgan fingerprint density at radius 2 is 1.16 bits per heavy atom. The molecular weight excluding hydrogens is 699 g/mol. The van der Waals surface area contributed by atoms with Crippen LogP contribution in [0, 0.1) is 0 Å². The number of benzene rings is 4. The molecule has 0 amide bonds. The van der Waals surface area contributed by atoms with Crippen LogP contribution in [0.5, 0.6) is 0 Å². The summed E-state index contributed by atoms with van der Waals surface area (Å²) in [7, 11) is 2.00. The number of hydrogen-bond acceptors (Lipinski definition) is 3. The van der Waals surface area contributed by atoms with Gasteiger partial charge in [-0.2, -0.15) is 0 Å². The molecule has 0 saturated heterocycles. The van der Waals surface area contributed by atoms with Crippen molar-refractivity contribution < 1.29 is 36.4 Å². The van der Waals surface area contributed by atoms with Crippen LogP contribution in [0.15, 0.2) is 128 Å². The minimum atomic E-state index is 0. The van der Waals surface area contributed by atoms with Crippen molar-refractivity contribution >= 4 is 65.2 Å². The number of aliphatic hydroxyl groups is 2. The third-order valence-corrected chi connectivity index (χ3v) is 8.38. The van der Waals surface area contributed by atoms with Gasteiger partial charge in [0.2, 0.25) is 0 Å². The fourth-order valence-electron chi connectivity index (χ4n) is 4.36.